The fourth-order valence-corrected chi connectivity index (χ4v) is 2.47. The topological polar surface area (TPSA) is 40.5 Å². The van der Waals surface area contributed by atoms with E-state index >= 15 is 0 Å². The lowest BCUT2D eigenvalue weighted by molar-refractivity contribution is 0.138. The zero-order chi connectivity index (χ0) is 11.0. The monoisotopic (exact) mass is 269 g/mol. The molecule has 0 fully saturated rings. The van der Waals surface area contributed by atoms with Crippen molar-refractivity contribution in [3.05, 3.63) is 33.8 Å². The summed E-state index contributed by atoms with van der Waals surface area (Å²) in [5, 5.41) is 8.95. The van der Waals surface area contributed by atoms with Crippen molar-refractivity contribution < 1.29 is 9.90 Å². The van der Waals surface area contributed by atoms with Crippen LogP contribution < -0.4 is 0 Å². The normalized spacial score (nSPS) is 18.7. The lowest BCUT2D eigenvalue weighted by atomic mass is 10.1. The Hall–Kier alpha value is -1.03. The van der Waals surface area contributed by atoms with Crippen LogP contribution in [0.15, 0.2) is 22.7 Å². The third kappa shape index (κ3) is 1.86. The Labute approximate surface area is 96.8 Å². The van der Waals surface area contributed by atoms with Crippen molar-refractivity contribution in [2.45, 2.75) is 18.9 Å². The molecule has 1 atom stereocenters. The highest BCUT2D eigenvalue weighted by molar-refractivity contribution is 9.10. The molecule has 1 aliphatic rings. The van der Waals surface area contributed by atoms with Crippen molar-refractivity contribution in [1.29, 1.82) is 0 Å². The van der Waals surface area contributed by atoms with Gasteiger partial charge in [0.25, 0.3) is 0 Å². The molecule has 1 aromatic carbocycles. The molecule has 2 rings (SSSR count). The average molecular weight is 270 g/mol. The Morgan fingerprint density at radius 3 is 3.00 bits per heavy atom. The van der Waals surface area contributed by atoms with Gasteiger partial charge < -0.3 is 10.0 Å². The zero-order valence-electron chi connectivity index (χ0n) is 8.40. The van der Waals surface area contributed by atoms with E-state index in [9.17, 15) is 4.79 Å². The highest BCUT2D eigenvalue weighted by atomic mass is 79.9. The molecule has 0 radical (unpaired) electrons. The molecule has 0 spiro atoms. The molecule has 0 saturated heterocycles. The third-order valence-corrected chi connectivity index (χ3v) is 3.42. The van der Waals surface area contributed by atoms with Crippen LogP contribution in [0.4, 0.5) is 4.79 Å². The molecule has 1 aliphatic carbocycles. The Kier molecular flexibility index (Phi) is 2.69. The SMILES string of the molecule is CN(C(=O)O)[C@@H]1CCc2ccc(Br)cc21. The van der Waals surface area contributed by atoms with E-state index < -0.39 is 6.09 Å². The minimum atomic E-state index is -0.868. The van der Waals surface area contributed by atoms with E-state index in [0.29, 0.717) is 0 Å². The Bertz CT molecular complexity index is 406. The molecule has 1 amide bonds. The van der Waals surface area contributed by atoms with Crippen molar-refractivity contribution in [3.63, 3.8) is 0 Å². The molecule has 0 unspecified atom stereocenters. The van der Waals surface area contributed by atoms with E-state index in [2.05, 4.69) is 22.0 Å². The molecular formula is C11H12BrNO2. The number of carbonyl (C=O) groups is 1. The fraction of sp³-hybridized carbons (Fsp3) is 0.364. The molecule has 0 aliphatic heterocycles. The molecule has 0 bridgehead atoms. The van der Waals surface area contributed by atoms with Gasteiger partial charge in [0, 0.05) is 11.5 Å². The van der Waals surface area contributed by atoms with Crippen LogP contribution in [0.3, 0.4) is 0 Å². The second-order valence-corrected chi connectivity index (χ2v) is 4.71. The average Bonchev–Trinajstić information content (AvgIpc) is 2.59. The minimum Gasteiger partial charge on any atom is -0.465 e. The lowest BCUT2D eigenvalue weighted by Gasteiger charge is -2.22. The van der Waals surface area contributed by atoms with E-state index in [-0.39, 0.29) is 6.04 Å². The molecule has 80 valence electrons. The first-order chi connectivity index (χ1) is 7.09. The van der Waals surface area contributed by atoms with Crippen LogP contribution in [-0.4, -0.2) is 23.1 Å². The first kappa shape index (κ1) is 10.5. The maximum atomic E-state index is 10.9. The van der Waals surface area contributed by atoms with Gasteiger partial charge in [-0.3, -0.25) is 0 Å². The summed E-state index contributed by atoms with van der Waals surface area (Å²) >= 11 is 3.41. The van der Waals surface area contributed by atoms with Gasteiger partial charge in [0.05, 0.1) is 6.04 Å². The van der Waals surface area contributed by atoms with Crippen LogP contribution >= 0.6 is 15.9 Å². The van der Waals surface area contributed by atoms with Crippen molar-refractivity contribution in [3.8, 4) is 0 Å². The molecular weight excluding hydrogens is 258 g/mol. The maximum Gasteiger partial charge on any atom is 0.407 e. The molecule has 1 aromatic rings. The lowest BCUT2D eigenvalue weighted by Crippen LogP contribution is -2.28. The smallest absolute Gasteiger partial charge is 0.407 e. The number of aryl methyl sites for hydroxylation is 1. The summed E-state index contributed by atoms with van der Waals surface area (Å²) in [4.78, 5) is 12.3. The summed E-state index contributed by atoms with van der Waals surface area (Å²) in [6.07, 6.45) is 0.979. The molecule has 3 nitrogen and oxygen atoms in total. The first-order valence-electron chi connectivity index (χ1n) is 4.83. The largest absolute Gasteiger partial charge is 0.465 e. The van der Waals surface area contributed by atoms with Gasteiger partial charge in [-0.05, 0) is 36.1 Å². The van der Waals surface area contributed by atoms with Gasteiger partial charge in [-0.2, -0.15) is 0 Å². The maximum absolute atomic E-state index is 10.9. The van der Waals surface area contributed by atoms with Crippen LogP contribution in [0.2, 0.25) is 0 Å². The van der Waals surface area contributed by atoms with Gasteiger partial charge in [-0.25, -0.2) is 4.79 Å². The number of fused-ring (bicyclic) bond motifs is 1. The highest BCUT2D eigenvalue weighted by Gasteiger charge is 2.28. The summed E-state index contributed by atoms with van der Waals surface area (Å²) < 4.78 is 1.01. The van der Waals surface area contributed by atoms with Crippen molar-refractivity contribution in [1.82, 2.24) is 4.90 Å². The summed E-state index contributed by atoms with van der Waals surface area (Å²) in [6.45, 7) is 0. The Morgan fingerprint density at radius 2 is 2.33 bits per heavy atom. The molecule has 15 heavy (non-hydrogen) atoms. The molecule has 0 heterocycles. The van der Waals surface area contributed by atoms with Gasteiger partial charge in [0.1, 0.15) is 0 Å². The van der Waals surface area contributed by atoms with E-state index in [1.54, 1.807) is 7.05 Å². The van der Waals surface area contributed by atoms with Gasteiger partial charge in [0.15, 0.2) is 0 Å². The van der Waals surface area contributed by atoms with Crippen molar-refractivity contribution in [2.24, 2.45) is 0 Å². The quantitative estimate of drug-likeness (QED) is 0.852. The third-order valence-electron chi connectivity index (χ3n) is 2.92. The number of halogens is 1. The highest BCUT2D eigenvalue weighted by Crippen LogP contribution is 2.36. The number of benzene rings is 1. The molecule has 4 heteroatoms. The van der Waals surface area contributed by atoms with Crippen LogP contribution in [0.1, 0.15) is 23.6 Å². The summed E-state index contributed by atoms with van der Waals surface area (Å²) in [7, 11) is 1.63. The summed E-state index contributed by atoms with van der Waals surface area (Å²) in [5.74, 6) is 0. The summed E-state index contributed by atoms with van der Waals surface area (Å²) in [5.41, 5.74) is 2.39. The first-order valence-corrected chi connectivity index (χ1v) is 5.63. The predicted molar refractivity (Wildman–Crippen MR) is 61.0 cm³/mol. The van der Waals surface area contributed by atoms with Crippen molar-refractivity contribution in [2.75, 3.05) is 7.05 Å². The predicted octanol–water partition coefficient (Wildman–Crippen LogP) is 3.05. The number of rotatable bonds is 1. The number of hydrogen-bond donors (Lipinski definition) is 1. The number of carboxylic acid groups (broad SMARTS) is 1. The van der Waals surface area contributed by atoms with Crippen molar-refractivity contribution >= 4 is 22.0 Å². The van der Waals surface area contributed by atoms with Crippen LogP contribution in [-0.2, 0) is 6.42 Å². The van der Waals surface area contributed by atoms with Crippen LogP contribution in [0, 0.1) is 0 Å². The number of nitrogens with zero attached hydrogens (tertiary/aromatic N) is 1. The zero-order valence-corrected chi connectivity index (χ0v) is 9.99. The Morgan fingerprint density at radius 1 is 1.60 bits per heavy atom. The van der Waals surface area contributed by atoms with Gasteiger partial charge in [-0.1, -0.05) is 22.0 Å². The van der Waals surface area contributed by atoms with Crippen LogP contribution in [0.5, 0.6) is 0 Å². The van der Waals surface area contributed by atoms with Gasteiger partial charge in [-0.15, -0.1) is 0 Å². The van der Waals surface area contributed by atoms with Crippen LogP contribution in [0.25, 0.3) is 0 Å². The van der Waals surface area contributed by atoms with Gasteiger partial charge >= 0.3 is 6.09 Å². The fourth-order valence-electron chi connectivity index (χ4n) is 2.09. The molecule has 0 aromatic heterocycles. The minimum absolute atomic E-state index is 0.00926. The molecule has 1 N–H and O–H groups in total. The van der Waals surface area contributed by atoms with E-state index in [1.807, 2.05) is 12.1 Å². The standard InChI is InChI=1S/C11H12BrNO2/c1-13(11(14)15)10-5-3-7-2-4-8(12)6-9(7)10/h2,4,6,10H,3,5H2,1H3,(H,14,15)/t10-/m1/s1. The Balaban J connectivity index is 2.35. The van der Waals surface area contributed by atoms with E-state index in [1.165, 1.54) is 10.5 Å². The van der Waals surface area contributed by atoms with Gasteiger partial charge in [0.2, 0.25) is 0 Å². The second-order valence-electron chi connectivity index (χ2n) is 3.79. The number of amides is 1. The summed E-state index contributed by atoms with van der Waals surface area (Å²) in [6, 6.07) is 6.10. The van der Waals surface area contributed by atoms with E-state index in [0.717, 1.165) is 22.9 Å². The second kappa shape index (κ2) is 3.85. The van der Waals surface area contributed by atoms with E-state index in [4.69, 9.17) is 5.11 Å². The number of hydrogen-bond acceptors (Lipinski definition) is 1. The molecule has 0 saturated carbocycles.